The van der Waals surface area contributed by atoms with Gasteiger partial charge in [0.15, 0.2) is 0 Å². The maximum absolute atomic E-state index is 12.9. The first-order valence-electron chi connectivity index (χ1n) is 8.50. The van der Waals surface area contributed by atoms with E-state index < -0.39 is 0 Å². The van der Waals surface area contributed by atoms with Gasteiger partial charge < -0.3 is 9.80 Å². The standard InChI is InChI=1S/C19H26N2O2/c1-14-7-6-8-15(11-14)17(22)21-12-16(18(23)20(2)3)19(13-21)9-4-5-10-19/h6-8,11,16H,4-5,9-10,12-13H2,1-3H3. The van der Waals surface area contributed by atoms with Crippen molar-refractivity contribution in [2.75, 3.05) is 27.2 Å². The summed E-state index contributed by atoms with van der Waals surface area (Å²) in [6.07, 6.45) is 4.47. The first-order chi connectivity index (χ1) is 10.9. The smallest absolute Gasteiger partial charge is 0.253 e. The Kier molecular flexibility index (Phi) is 4.17. The third-order valence-electron chi connectivity index (χ3n) is 5.54. The zero-order chi connectivity index (χ0) is 16.6. The number of benzene rings is 1. The lowest BCUT2D eigenvalue weighted by Crippen LogP contribution is -2.39. The van der Waals surface area contributed by atoms with Crippen molar-refractivity contribution in [1.29, 1.82) is 0 Å². The van der Waals surface area contributed by atoms with Crippen molar-refractivity contribution in [2.24, 2.45) is 11.3 Å². The number of nitrogens with zero attached hydrogens (tertiary/aromatic N) is 2. The van der Waals surface area contributed by atoms with E-state index in [1.807, 2.05) is 50.2 Å². The first kappa shape index (κ1) is 16.0. The number of carbonyl (C=O) groups is 2. The monoisotopic (exact) mass is 314 g/mol. The minimum atomic E-state index is -0.0474. The molecule has 0 aromatic heterocycles. The molecule has 1 aliphatic carbocycles. The fraction of sp³-hybridized carbons (Fsp3) is 0.579. The molecule has 0 bridgehead atoms. The number of rotatable bonds is 2. The van der Waals surface area contributed by atoms with Gasteiger partial charge in [0.1, 0.15) is 0 Å². The Balaban J connectivity index is 1.85. The highest BCUT2D eigenvalue weighted by molar-refractivity contribution is 5.95. The summed E-state index contributed by atoms with van der Waals surface area (Å²) in [5, 5.41) is 0. The summed E-state index contributed by atoms with van der Waals surface area (Å²) < 4.78 is 0. The Morgan fingerprint density at radius 3 is 2.52 bits per heavy atom. The molecule has 1 atom stereocenters. The van der Waals surface area contributed by atoms with Gasteiger partial charge in [0.2, 0.25) is 5.91 Å². The van der Waals surface area contributed by atoms with Crippen LogP contribution in [-0.2, 0) is 4.79 Å². The SMILES string of the molecule is Cc1cccc(C(=O)N2CC(C(=O)N(C)C)C3(CCCC3)C2)c1. The van der Waals surface area contributed by atoms with Crippen molar-refractivity contribution in [3.05, 3.63) is 35.4 Å². The van der Waals surface area contributed by atoms with Gasteiger partial charge in [-0.25, -0.2) is 0 Å². The molecule has 1 saturated heterocycles. The van der Waals surface area contributed by atoms with Crippen molar-refractivity contribution in [2.45, 2.75) is 32.6 Å². The molecular weight excluding hydrogens is 288 g/mol. The third kappa shape index (κ3) is 2.87. The van der Waals surface area contributed by atoms with Gasteiger partial charge in [-0.05, 0) is 31.9 Å². The molecule has 4 nitrogen and oxygen atoms in total. The van der Waals surface area contributed by atoms with E-state index in [2.05, 4.69) is 0 Å². The van der Waals surface area contributed by atoms with Gasteiger partial charge in [-0.2, -0.15) is 0 Å². The number of hydrogen-bond donors (Lipinski definition) is 0. The quantitative estimate of drug-likeness (QED) is 0.842. The maximum Gasteiger partial charge on any atom is 0.253 e. The van der Waals surface area contributed by atoms with Crippen LogP contribution in [0.5, 0.6) is 0 Å². The van der Waals surface area contributed by atoms with E-state index in [4.69, 9.17) is 0 Å². The Labute approximate surface area is 138 Å². The molecule has 0 radical (unpaired) electrons. The maximum atomic E-state index is 12.9. The lowest BCUT2D eigenvalue weighted by atomic mass is 9.76. The zero-order valence-corrected chi connectivity index (χ0v) is 14.3. The van der Waals surface area contributed by atoms with Crippen LogP contribution >= 0.6 is 0 Å². The molecule has 3 rings (SSSR count). The molecule has 2 amide bonds. The van der Waals surface area contributed by atoms with Gasteiger partial charge in [0.25, 0.3) is 5.91 Å². The average molecular weight is 314 g/mol. The minimum absolute atomic E-state index is 0.000832. The van der Waals surface area contributed by atoms with Crippen LogP contribution in [0.15, 0.2) is 24.3 Å². The van der Waals surface area contributed by atoms with E-state index in [-0.39, 0.29) is 23.1 Å². The topological polar surface area (TPSA) is 40.6 Å². The largest absolute Gasteiger partial charge is 0.349 e. The third-order valence-corrected chi connectivity index (χ3v) is 5.54. The van der Waals surface area contributed by atoms with Gasteiger partial charge in [-0.1, -0.05) is 30.5 Å². The fourth-order valence-electron chi connectivity index (χ4n) is 4.32. The van der Waals surface area contributed by atoms with E-state index in [0.29, 0.717) is 6.54 Å². The Bertz CT molecular complexity index is 618. The number of hydrogen-bond acceptors (Lipinski definition) is 2. The summed E-state index contributed by atoms with van der Waals surface area (Å²) in [6, 6.07) is 7.73. The van der Waals surface area contributed by atoms with E-state index in [1.54, 1.807) is 4.90 Å². The molecule has 1 aromatic carbocycles. The van der Waals surface area contributed by atoms with Crippen LogP contribution in [0.1, 0.15) is 41.6 Å². The van der Waals surface area contributed by atoms with E-state index in [9.17, 15) is 9.59 Å². The molecule has 23 heavy (non-hydrogen) atoms. The second-order valence-corrected chi connectivity index (χ2v) is 7.41. The Morgan fingerprint density at radius 1 is 1.22 bits per heavy atom. The second-order valence-electron chi connectivity index (χ2n) is 7.41. The van der Waals surface area contributed by atoms with Crippen LogP contribution < -0.4 is 0 Å². The Morgan fingerprint density at radius 2 is 1.91 bits per heavy atom. The normalized spacial score (nSPS) is 22.6. The van der Waals surface area contributed by atoms with Crippen LogP contribution in [0.3, 0.4) is 0 Å². The molecule has 1 saturated carbocycles. The molecule has 0 N–H and O–H groups in total. The predicted octanol–water partition coefficient (Wildman–Crippen LogP) is 2.72. The van der Waals surface area contributed by atoms with Crippen molar-refractivity contribution in [3.8, 4) is 0 Å². The Hall–Kier alpha value is -1.84. The van der Waals surface area contributed by atoms with Crippen LogP contribution in [-0.4, -0.2) is 48.8 Å². The summed E-state index contributed by atoms with van der Waals surface area (Å²) in [5.41, 5.74) is 1.82. The summed E-state index contributed by atoms with van der Waals surface area (Å²) >= 11 is 0. The number of aryl methyl sites for hydroxylation is 1. The number of amides is 2. The second kappa shape index (κ2) is 5.99. The van der Waals surface area contributed by atoms with Gasteiger partial charge in [0.05, 0.1) is 5.92 Å². The van der Waals surface area contributed by atoms with Crippen molar-refractivity contribution >= 4 is 11.8 Å². The van der Waals surface area contributed by atoms with Gasteiger partial charge in [0, 0.05) is 38.2 Å². The molecule has 1 aliphatic heterocycles. The van der Waals surface area contributed by atoms with Crippen LogP contribution in [0, 0.1) is 18.3 Å². The lowest BCUT2D eigenvalue weighted by Gasteiger charge is -2.30. The van der Waals surface area contributed by atoms with E-state index in [1.165, 1.54) is 12.8 Å². The highest BCUT2D eigenvalue weighted by Gasteiger charge is 2.52. The minimum Gasteiger partial charge on any atom is -0.349 e. The van der Waals surface area contributed by atoms with Crippen molar-refractivity contribution in [1.82, 2.24) is 9.80 Å². The van der Waals surface area contributed by atoms with E-state index in [0.717, 1.165) is 30.5 Å². The summed E-state index contributed by atoms with van der Waals surface area (Å²) in [5.74, 6) is 0.189. The van der Waals surface area contributed by atoms with Crippen LogP contribution in [0.4, 0.5) is 0 Å². The molecule has 1 heterocycles. The zero-order valence-electron chi connectivity index (χ0n) is 14.3. The molecule has 1 unspecified atom stereocenters. The van der Waals surface area contributed by atoms with Crippen molar-refractivity contribution in [3.63, 3.8) is 0 Å². The molecule has 1 spiro atoms. The molecule has 2 fully saturated rings. The van der Waals surface area contributed by atoms with Crippen molar-refractivity contribution < 1.29 is 9.59 Å². The van der Waals surface area contributed by atoms with Crippen LogP contribution in [0.2, 0.25) is 0 Å². The highest BCUT2D eigenvalue weighted by atomic mass is 16.2. The molecule has 124 valence electrons. The van der Waals surface area contributed by atoms with E-state index >= 15 is 0 Å². The van der Waals surface area contributed by atoms with Gasteiger partial charge >= 0.3 is 0 Å². The molecular formula is C19H26N2O2. The predicted molar refractivity (Wildman–Crippen MR) is 90.2 cm³/mol. The average Bonchev–Trinajstić information content (AvgIpc) is 3.14. The first-order valence-corrected chi connectivity index (χ1v) is 8.50. The van der Waals surface area contributed by atoms with Gasteiger partial charge in [-0.15, -0.1) is 0 Å². The summed E-state index contributed by atoms with van der Waals surface area (Å²) in [7, 11) is 3.63. The van der Waals surface area contributed by atoms with Crippen LogP contribution in [0.25, 0.3) is 0 Å². The molecule has 1 aromatic rings. The van der Waals surface area contributed by atoms with Gasteiger partial charge in [-0.3, -0.25) is 9.59 Å². The summed E-state index contributed by atoms with van der Waals surface area (Å²) in [4.78, 5) is 29.1. The fourth-order valence-corrected chi connectivity index (χ4v) is 4.32. The number of likely N-dealkylation sites (tertiary alicyclic amines) is 1. The lowest BCUT2D eigenvalue weighted by molar-refractivity contribution is -0.135. The summed E-state index contributed by atoms with van der Waals surface area (Å²) in [6.45, 7) is 3.28. The number of carbonyl (C=O) groups excluding carboxylic acids is 2. The highest BCUT2D eigenvalue weighted by Crippen LogP contribution is 2.49. The molecule has 2 aliphatic rings. The molecule has 4 heteroatoms.